The molecule has 1 atom stereocenters. The zero-order valence-electron chi connectivity index (χ0n) is 15.0. The van der Waals surface area contributed by atoms with Crippen molar-refractivity contribution in [3.63, 3.8) is 0 Å². The van der Waals surface area contributed by atoms with Crippen LogP contribution in [0.1, 0.15) is 44.1 Å². The summed E-state index contributed by atoms with van der Waals surface area (Å²) in [6, 6.07) is 10.6. The number of benzene rings is 1. The number of carbonyl (C=O) groups is 1. The Hall–Kier alpha value is -1.55. The summed E-state index contributed by atoms with van der Waals surface area (Å²) < 4.78 is 0. The van der Waals surface area contributed by atoms with Crippen molar-refractivity contribution in [3.05, 3.63) is 35.9 Å². The summed E-state index contributed by atoms with van der Waals surface area (Å²) >= 11 is 0. The first kappa shape index (κ1) is 16.9. The number of nitrogens with two attached hydrogens (primary N) is 1. The molecular weight excluding hydrogens is 312 g/mol. The number of hydrogen-bond acceptors (Lipinski definition) is 2. The van der Waals surface area contributed by atoms with Crippen molar-refractivity contribution in [2.75, 3.05) is 19.6 Å². The number of hydrogen-bond donors (Lipinski definition) is 2. The van der Waals surface area contributed by atoms with Crippen LogP contribution in [0.3, 0.4) is 0 Å². The summed E-state index contributed by atoms with van der Waals surface area (Å²) in [6.45, 7) is 2.23. The first-order chi connectivity index (χ1) is 12.0. The summed E-state index contributed by atoms with van der Waals surface area (Å²) in [6.07, 6.45) is 7.80. The standard InChI is InChI=1S/C21H30N2O2/c22-8-6-17-11-20(12-17)14-21(15-20)7-9-23(19(24)25)13-18(21)10-16-4-2-1-3-5-16/h1-5,17-18H,6-15,22H2,(H,24,25). The van der Waals surface area contributed by atoms with E-state index in [0.29, 0.717) is 29.8 Å². The van der Waals surface area contributed by atoms with Crippen molar-refractivity contribution in [2.45, 2.75) is 44.9 Å². The van der Waals surface area contributed by atoms with E-state index < -0.39 is 6.09 Å². The van der Waals surface area contributed by atoms with Crippen molar-refractivity contribution < 1.29 is 9.90 Å². The fraction of sp³-hybridized carbons (Fsp3) is 0.667. The minimum absolute atomic E-state index is 0.371. The molecule has 4 nitrogen and oxygen atoms in total. The lowest BCUT2D eigenvalue weighted by Gasteiger charge is -2.68. The normalized spacial score (nSPS) is 36.9. The van der Waals surface area contributed by atoms with Gasteiger partial charge in [0.15, 0.2) is 0 Å². The minimum Gasteiger partial charge on any atom is -0.465 e. The Morgan fingerprint density at radius 2 is 1.96 bits per heavy atom. The molecule has 1 heterocycles. The average Bonchev–Trinajstić information content (AvgIpc) is 2.54. The highest BCUT2D eigenvalue weighted by atomic mass is 16.4. The zero-order chi connectivity index (χ0) is 17.5. The molecule has 4 heteroatoms. The predicted octanol–water partition coefficient (Wildman–Crippen LogP) is 3.75. The Morgan fingerprint density at radius 3 is 2.60 bits per heavy atom. The Kier molecular flexibility index (Phi) is 4.27. The molecule has 2 saturated carbocycles. The molecule has 1 saturated heterocycles. The van der Waals surface area contributed by atoms with Gasteiger partial charge >= 0.3 is 6.09 Å². The molecule has 2 spiro atoms. The molecule has 25 heavy (non-hydrogen) atoms. The maximum atomic E-state index is 11.5. The lowest BCUT2D eigenvalue weighted by molar-refractivity contribution is -0.174. The van der Waals surface area contributed by atoms with Crippen LogP contribution in [0.25, 0.3) is 0 Å². The molecule has 4 rings (SSSR count). The van der Waals surface area contributed by atoms with E-state index in [-0.39, 0.29) is 0 Å². The summed E-state index contributed by atoms with van der Waals surface area (Å²) in [5.41, 5.74) is 8.00. The maximum Gasteiger partial charge on any atom is 0.407 e. The molecule has 2 aliphatic carbocycles. The second-order valence-corrected chi connectivity index (χ2v) is 8.93. The van der Waals surface area contributed by atoms with E-state index in [0.717, 1.165) is 25.3 Å². The smallest absolute Gasteiger partial charge is 0.407 e. The Morgan fingerprint density at radius 1 is 1.24 bits per heavy atom. The van der Waals surface area contributed by atoms with Crippen molar-refractivity contribution in [3.8, 4) is 0 Å². The number of rotatable bonds is 4. The van der Waals surface area contributed by atoms with Crippen LogP contribution in [0.4, 0.5) is 4.79 Å². The highest BCUT2D eigenvalue weighted by Crippen LogP contribution is 2.71. The van der Waals surface area contributed by atoms with Gasteiger partial charge in [-0.2, -0.15) is 0 Å². The van der Waals surface area contributed by atoms with Crippen molar-refractivity contribution in [1.82, 2.24) is 4.90 Å². The van der Waals surface area contributed by atoms with E-state index in [2.05, 4.69) is 24.3 Å². The summed E-state index contributed by atoms with van der Waals surface area (Å²) in [4.78, 5) is 13.1. The van der Waals surface area contributed by atoms with Gasteiger partial charge in [-0.1, -0.05) is 30.3 Å². The Bertz CT molecular complexity index is 616. The molecule has 0 aromatic heterocycles. The largest absolute Gasteiger partial charge is 0.465 e. The van der Waals surface area contributed by atoms with Crippen LogP contribution >= 0.6 is 0 Å². The van der Waals surface area contributed by atoms with E-state index in [1.807, 2.05) is 6.07 Å². The molecule has 1 aromatic carbocycles. The van der Waals surface area contributed by atoms with Crippen LogP contribution in [-0.2, 0) is 6.42 Å². The summed E-state index contributed by atoms with van der Waals surface area (Å²) in [5.74, 6) is 1.30. The van der Waals surface area contributed by atoms with Crippen LogP contribution in [0.15, 0.2) is 30.3 Å². The van der Waals surface area contributed by atoms with Gasteiger partial charge in [-0.05, 0) is 79.7 Å². The lowest BCUT2D eigenvalue weighted by atomic mass is 9.38. The highest BCUT2D eigenvalue weighted by molar-refractivity contribution is 5.65. The molecule has 3 aliphatic rings. The van der Waals surface area contributed by atoms with Crippen LogP contribution in [0, 0.1) is 22.7 Å². The third-order valence-corrected chi connectivity index (χ3v) is 7.25. The number of amides is 1. The van der Waals surface area contributed by atoms with Crippen molar-refractivity contribution >= 4 is 6.09 Å². The summed E-state index contributed by atoms with van der Waals surface area (Å²) in [5, 5.41) is 9.45. The number of likely N-dealkylation sites (tertiary alicyclic amines) is 1. The minimum atomic E-state index is -0.756. The van der Waals surface area contributed by atoms with Gasteiger partial charge in [-0.3, -0.25) is 0 Å². The Balaban J connectivity index is 1.46. The first-order valence-corrected chi connectivity index (χ1v) is 9.76. The fourth-order valence-electron chi connectivity index (χ4n) is 6.27. The van der Waals surface area contributed by atoms with Gasteiger partial charge in [0, 0.05) is 13.1 Å². The molecule has 3 fully saturated rings. The van der Waals surface area contributed by atoms with Gasteiger partial charge in [0.05, 0.1) is 0 Å². The molecule has 1 unspecified atom stereocenters. The Labute approximate surface area is 150 Å². The average molecular weight is 342 g/mol. The molecule has 1 amide bonds. The van der Waals surface area contributed by atoms with Crippen LogP contribution < -0.4 is 5.73 Å². The quantitative estimate of drug-likeness (QED) is 0.875. The molecular formula is C21H30N2O2. The lowest BCUT2D eigenvalue weighted by Crippen LogP contribution is -2.62. The monoisotopic (exact) mass is 342 g/mol. The van der Waals surface area contributed by atoms with E-state index in [4.69, 9.17) is 5.73 Å². The molecule has 0 radical (unpaired) electrons. The van der Waals surface area contributed by atoms with Crippen LogP contribution in [0.2, 0.25) is 0 Å². The number of piperidine rings is 1. The molecule has 0 bridgehead atoms. The molecule has 136 valence electrons. The van der Waals surface area contributed by atoms with Crippen LogP contribution in [-0.4, -0.2) is 35.7 Å². The second kappa shape index (κ2) is 6.31. The predicted molar refractivity (Wildman–Crippen MR) is 98.3 cm³/mol. The van der Waals surface area contributed by atoms with E-state index >= 15 is 0 Å². The van der Waals surface area contributed by atoms with Crippen LogP contribution in [0.5, 0.6) is 0 Å². The van der Waals surface area contributed by atoms with E-state index in [9.17, 15) is 9.90 Å². The van der Waals surface area contributed by atoms with Gasteiger partial charge in [0.2, 0.25) is 0 Å². The highest BCUT2D eigenvalue weighted by Gasteiger charge is 2.62. The van der Waals surface area contributed by atoms with E-state index in [1.54, 1.807) is 4.90 Å². The third-order valence-electron chi connectivity index (χ3n) is 7.25. The van der Waals surface area contributed by atoms with Gasteiger partial charge in [-0.25, -0.2) is 4.79 Å². The van der Waals surface area contributed by atoms with Crippen molar-refractivity contribution in [2.24, 2.45) is 28.4 Å². The zero-order valence-corrected chi connectivity index (χ0v) is 15.0. The van der Waals surface area contributed by atoms with Gasteiger partial charge in [0.1, 0.15) is 0 Å². The second-order valence-electron chi connectivity index (χ2n) is 8.93. The third kappa shape index (κ3) is 3.05. The molecule has 1 aromatic rings. The topological polar surface area (TPSA) is 66.6 Å². The first-order valence-electron chi connectivity index (χ1n) is 9.76. The van der Waals surface area contributed by atoms with Gasteiger partial charge < -0.3 is 15.7 Å². The summed E-state index contributed by atoms with van der Waals surface area (Å²) in [7, 11) is 0. The van der Waals surface area contributed by atoms with E-state index in [1.165, 1.54) is 37.7 Å². The molecule has 3 N–H and O–H groups in total. The number of nitrogens with zero attached hydrogens (tertiary/aromatic N) is 1. The van der Waals surface area contributed by atoms with Gasteiger partial charge in [-0.15, -0.1) is 0 Å². The maximum absolute atomic E-state index is 11.5. The fourth-order valence-corrected chi connectivity index (χ4v) is 6.27. The molecule has 1 aliphatic heterocycles. The number of carboxylic acid groups (broad SMARTS) is 1. The SMILES string of the molecule is NCCC1CC2(C1)CC1(CCN(C(=O)O)CC1Cc1ccccc1)C2. The van der Waals surface area contributed by atoms with Gasteiger partial charge in [0.25, 0.3) is 0 Å². The van der Waals surface area contributed by atoms with Crippen molar-refractivity contribution in [1.29, 1.82) is 0 Å².